The van der Waals surface area contributed by atoms with Gasteiger partial charge in [-0.05, 0) is 30.4 Å². The molecule has 19 heavy (non-hydrogen) atoms. The normalized spacial score (nSPS) is 11.5. The van der Waals surface area contributed by atoms with Crippen molar-refractivity contribution in [3.05, 3.63) is 34.9 Å². The van der Waals surface area contributed by atoms with Crippen molar-refractivity contribution >= 4 is 11.8 Å². The molecular formula is C14H20N2O3. The zero-order valence-electron chi connectivity index (χ0n) is 11.1. The van der Waals surface area contributed by atoms with Crippen molar-refractivity contribution in [2.75, 3.05) is 0 Å². The first kappa shape index (κ1) is 15.0. The van der Waals surface area contributed by atoms with Crippen LogP contribution in [0.1, 0.15) is 42.9 Å². The lowest BCUT2D eigenvalue weighted by atomic mass is 9.93. The molecule has 1 aromatic carbocycles. The lowest BCUT2D eigenvalue weighted by Crippen LogP contribution is -2.17. The Kier molecular flexibility index (Phi) is 5.85. The molecule has 1 aromatic rings. The van der Waals surface area contributed by atoms with Crippen molar-refractivity contribution < 1.29 is 15.1 Å². The summed E-state index contributed by atoms with van der Waals surface area (Å²) >= 11 is 0. The first-order valence-corrected chi connectivity index (χ1v) is 6.40. The van der Waals surface area contributed by atoms with Crippen LogP contribution in [0.4, 0.5) is 0 Å². The van der Waals surface area contributed by atoms with Gasteiger partial charge in [0.25, 0.3) is 0 Å². The molecule has 0 aromatic heterocycles. The number of oxime groups is 1. The molecule has 0 aliphatic heterocycles. The zero-order chi connectivity index (χ0) is 14.3. The summed E-state index contributed by atoms with van der Waals surface area (Å²) in [7, 11) is 0. The summed E-state index contributed by atoms with van der Waals surface area (Å²) in [5.74, 6) is -0.687. The Labute approximate surface area is 112 Å². The molecule has 0 aliphatic rings. The highest BCUT2D eigenvalue weighted by Crippen LogP contribution is 2.19. The molecule has 0 atom stereocenters. The van der Waals surface area contributed by atoms with Crippen LogP contribution in [0.2, 0.25) is 0 Å². The molecule has 1 rings (SSSR count). The smallest absolute Gasteiger partial charge is 0.303 e. The molecule has 5 nitrogen and oxygen atoms in total. The van der Waals surface area contributed by atoms with E-state index < -0.39 is 5.97 Å². The molecule has 0 amide bonds. The topological polar surface area (TPSA) is 95.9 Å². The molecule has 0 bridgehead atoms. The molecular weight excluding hydrogens is 244 g/mol. The summed E-state index contributed by atoms with van der Waals surface area (Å²) in [6, 6.07) is 5.64. The molecule has 0 fully saturated rings. The van der Waals surface area contributed by atoms with Gasteiger partial charge >= 0.3 is 5.97 Å². The number of hydrogen-bond donors (Lipinski definition) is 3. The third-order valence-corrected chi connectivity index (χ3v) is 2.99. The van der Waals surface area contributed by atoms with E-state index in [0.717, 1.165) is 29.5 Å². The second-order valence-electron chi connectivity index (χ2n) is 4.43. The Hall–Kier alpha value is -2.04. The lowest BCUT2D eigenvalue weighted by Gasteiger charge is -2.13. The van der Waals surface area contributed by atoms with Gasteiger partial charge in [0.15, 0.2) is 5.84 Å². The maximum absolute atomic E-state index is 10.5. The maximum atomic E-state index is 10.5. The predicted molar refractivity (Wildman–Crippen MR) is 73.5 cm³/mol. The van der Waals surface area contributed by atoms with Crippen LogP contribution in [-0.2, 0) is 17.6 Å². The molecule has 4 N–H and O–H groups in total. The standard InChI is InChI=1S/C14H20N2O3/c1-2-5-11-10(7-4-9-13(17)18)6-3-8-12(11)14(15)16-19/h3,6,8,19H,2,4-5,7,9H2,1H3,(H2,15,16)(H,17,18). The van der Waals surface area contributed by atoms with E-state index in [1.807, 2.05) is 18.2 Å². The van der Waals surface area contributed by atoms with E-state index in [0.29, 0.717) is 12.8 Å². The summed E-state index contributed by atoms with van der Waals surface area (Å²) < 4.78 is 0. The summed E-state index contributed by atoms with van der Waals surface area (Å²) in [5.41, 5.74) is 8.53. The van der Waals surface area contributed by atoms with Gasteiger partial charge in [0, 0.05) is 12.0 Å². The summed E-state index contributed by atoms with van der Waals surface area (Å²) in [5, 5.41) is 20.5. The summed E-state index contributed by atoms with van der Waals surface area (Å²) in [6.45, 7) is 2.06. The second-order valence-corrected chi connectivity index (χ2v) is 4.43. The molecule has 0 aliphatic carbocycles. The minimum absolute atomic E-state index is 0.100. The Bertz CT molecular complexity index is 470. The number of nitrogens with zero attached hydrogens (tertiary/aromatic N) is 1. The van der Waals surface area contributed by atoms with Crippen LogP contribution in [0, 0.1) is 0 Å². The molecule has 0 spiro atoms. The van der Waals surface area contributed by atoms with Crippen LogP contribution < -0.4 is 5.73 Å². The molecule has 0 radical (unpaired) electrons. The first-order chi connectivity index (χ1) is 9.10. The average molecular weight is 264 g/mol. The fraction of sp³-hybridized carbons (Fsp3) is 0.429. The van der Waals surface area contributed by atoms with Crippen molar-refractivity contribution in [1.82, 2.24) is 0 Å². The number of amidine groups is 1. The number of rotatable bonds is 7. The predicted octanol–water partition coefficient (Wildman–Crippen LogP) is 2.14. The van der Waals surface area contributed by atoms with Gasteiger partial charge in [0.05, 0.1) is 0 Å². The van der Waals surface area contributed by atoms with E-state index in [2.05, 4.69) is 12.1 Å². The molecule has 5 heteroatoms. The quantitative estimate of drug-likeness (QED) is 0.304. The zero-order valence-corrected chi connectivity index (χ0v) is 11.1. The van der Waals surface area contributed by atoms with Crippen molar-refractivity contribution in [2.45, 2.75) is 39.0 Å². The van der Waals surface area contributed by atoms with Gasteiger partial charge in [-0.2, -0.15) is 0 Å². The summed E-state index contributed by atoms with van der Waals surface area (Å²) in [6.07, 6.45) is 3.20. The van der Waals surface area contributed by atoms with Gasteiger partial charge in [0.2, 0.25) is 0 Å². The van der Waals surface area contributed by atoms with Gasteiger partial charge in [0.1, 0.15) is 0 Å². The largest absolute Gasteiger partial charge is 0.481 e. The van der Waals surface area contributed by atoms with Gasteiger partial charge < -0.3 is 16.0 Å². The second kappa shape index (κ2) is 7.41. The van der Waals surface area contributed by atoms with Gasteiger partial charge in [-0.3, -0.25) is 4.79 Å². The first-order valence-electron chi connectivity index (χ1n) is 6.40. The summed E-state index contributed by atoms with van der Waals surface area (Å²) in [4.78, 5) is 10.5. The minimum Gasteiger partial charge on any atom is -0.481 e. The van der Waals surface area contributed by atoms with E-state index in [1.54, 1.807) is 0 Å². The van der Waals surface area contributed by atoms with E-state index in [1.165, 1.54) is 0 Å². The van der Waals surface area contributed by atoms with Crippen molar-refractivity contribution in [3.63, 3.8) is 0 Å². The number of hydrogen-bond acceptors (Lipinski definition) is 3. The number of carboxylic acids is 1. The minimum atomic E-state index is -0.787. The van der Waals surface area contributed by atoms with Gasteiger partial charge in [-0.1, -0.05) is 36.7 Å². The van der Waals surface area contributed by atoms with E-state index >= 15 is 0 Å². The van der Waals surface area contributed by atoms with Crippen molar-refractivity contribution in [1.29, 1.82) is 0 Å². The molecule has 0 heterocycles. The SMILES string of the molecule is CCCc1c(CCCC(=O)O)cccc1C(N)=NO. The fourth-order valence-electron chi connectivity index (χ4n) is 2.14. The van der Waals surface area contributed by atoms with E-state index in [9.17, 15) is 4.79 Å². The van der Waals surface area contributed by atoms with Crippen molar-refractivity contribution in [2.24, 2.45) is 10.9 Å². The van der Waals surface area contributed by atoms with Gasteiger partial charge in [-0.15, -0.1) is 0 Å². The van der Waals surface area contributed by atoms with Crippen molar-refractivity contribution in [3.8, 4) is 0 Å². The molecule has 0 unspecified atom stereocenters. The third-order valence-electron chi connectivity index (χ3n) is 2.99. The molecule has 0 saturated carbocycles. The average Bonchev–Trinajstić information content (AvgIpc) is 2.39. The molecule has 0 saturated heterocycles. The Morgan fingerprint density at radius 3 is 2.68 bits per heavy atom. The number of carboxylic acid groups (broad SMARTS) is 1. The lowest BCUT2D eigenvalue weighted by molar-refractivity contribution is -0.137. The van der Waals surface area contributed by atoms with Gasteiger partial charge in [-0.25, -0.2) is 0 Å². The highest BCUT2D eigenvalue weighted by atomic mass is 16.4. The monoisotopic (exact) mass is 264 g/mol. The number of aliphatic carboxylic acids is 1. The Balaban J connectivity index is 2.99. The number of benzene rings is 1. The van der Waals surface area contributed by atoms with Crippen LogP contribution in [0.25, 0.3) is 0 Å². The highest BCUT2D eigenvalue weighted by Gasteiger charge is 2.11. The van der Waals surface area contributed by atoms with Crippen LogP contribution >= 0.6 is 0 Å². The highest BCUT2D eigenvalue weighted by molar-refractivity contribution is 5.98. The number of aryl methyl sites for hydroxylation is 1. The van der Waals surface area contributed by atoms with E-state index in [4.69, 9.17) is 16.0 Å². The molecule has 104 valence electrons. The van der Waals surface area contributed by atoms with Crippen LogP contribution in [0.5, 0.6) is 0 Å². The van der Waals surface area contributed by atoms with E-state index in [-0.39, 0.29) is 12.3 Å². The maximum Gasteiger partial charge on any atom is 0.303 e. The Morgan fingerprint density at radius 2 is 2.11 bits per heavy atom. The van der Waals surface area contributed by atoms with Crippen LogP contribution in [0.3, 0.4) is 0 Å². The third kappa shape index (κ3) is 4.28. The van der Waals surface area contributed by atoms with Crippen LogP contribution in [0.15, 0.2) is 23.4 Å². The number of carbonyl (C=O) groups is 1. The Morgan fingerprint density at radius 1 is 1.37 bits per heavy atom. The van der Waals surface area contributed by atoms with Crippen LogP contribution in [-0.4, -0.2) is 22.1 Å². The fourth-order valence-corrected chi connectivity index (χ4v) is 2.14. The number of nitrogens with two attached hydrogens (primary N) is 1.